The minimum Gasteiger partial charge on any atom is -0.494 e. The van der Waals surface area contributed by atoms with Gasteiger partial charge >= 0.3 is 0 Å². The van der Waals surface area contributed by atoms with E-state index in [4.69, 9.17) is 4.74 Å². The Bertz CT molecular complexity index is 1040. The fraction of sp³-hybridized carbons (Fsp3) is 0.552. The lowest BCUT2D eigenvalue weighted by atomic mass is 9.79. The first kappa shape index (κ1) is 24.1. The number of hydrogen-bond donors (Lipinski definition) is 1. The van der Waals surface area contributed by atoms with Gasteiger partial charge in [-0.3, -0.25) is 9.69 Å². The summed E-state index contributed by atoms with van der Waals surface area (Å²) in [5, 5.41) is 3.81. The van der Waals surface area contributed by atoms with Crippen molar-refractivity contribution in [1.82, 2.24) is 4.90 Å². The van der Waals surface area contributed by atoms with Crippen LogP contribution in [-0.2, 0) is 11.2 Å². The van der Waals surface area contributed by atoms with E-state index in [9.17, 15) is 9.18 Å². The predicted octanol–water partition coefficient (Wildman–Crippen LogP) is 5.21. The number of Topliss-reactive ketones (excluding diaryl/α,β-unsaturated/α-hetero) is 1. The van der Waals surface area contributed by atoms with E-state index in [0.717, 1.165) is 57.5 Å². The molecule has 0 aromatic heterocycles. The summed E-state index contributed by atoms with van der Waals surface area (Å²) in [4.78, 5) is 18.7. The molecule has 1 aliphatic carbocycles. The number of ether oxygens (including phenoxy) is 1. The molecular weight excluding hydrogens is 441 g/mol. The maximum absolute atomic E-state index is 14.0. The van der Waals surface area contributed by atoms with Crippen LogP contribution in [0.25, 0.3) is 0 Å². The van der Waals surface area contributed by atoms with Gasteiger partial charge in [0.25, 0.3) is 0 Å². The molecule has 6 heteroatoms. The number of nitrogens with one attached hydrogen (secondary N) is 1. The summed E-state index contributed by atoms with van der Waals surface area (Å²) in [5.74, 6) is 0.895. The number of rotatable bonds is 6. The number of halogens is 1. The molecule has 1 saturated carbocycles. The highest BCUT2D eigenvalue weighted by Gasteiger charge is 2.40. The Morgan fingerprint density at radius 2 is 1.83 bits per heavy atom. The Balaban J connectivity index is 1.36. The van der Waals surface area contributed by atoms with Gasteiger partial charge in [-0.05, 0) is 55.9 Å². The smallest absolute Gasteiger partial charge is 0.155 e. The summed E-state index contributed by atoms with van der Waals surface area (Å²) in [6.45, 7) is 5.35. The lowest BCUT2D eigenvalue weighted by Crippen LogP contribution is -2.60. The Kier molecular flexibility index (Phi) is 7.28. The number of methoxy groups -OCH3 is 1. The topological polar surface area (TPSA) is 44.8 Å². The number of benzene rings is 2. The minimum atomic E-state index is -0.290. The summed E-state index contributed by atoms with van der Waals surface area (Å²) in [5.41, 5.74) is 4.76. The van der Waals surface area contributed by atoms with Crippen LogP contribution in [0.4, 0.5) is 15.8 Å². The Labute approximate surface area is 208 Å². The molecule has 0 radical (unpaired) electrons. The molecule has 3 aliphatic rings. The summed E-state index contributed by atoms with van der Waals surface area (Å²) >= 11 is 0. The maximum atomic E-state index is 14.0. The van der Waals surface area contributed by atoms with Crippen LogP contribution in [0.5, 0.6) is 5.75 Å². The number of carbonyl (C=O) groups is 1. The number of piperazine rings is 1. The normalized spacial score (nSPS) is 22.3. The van der Waals surface area contributed by atoms with Crippen LogP contribution in [-0.4, -0.2) is 56.1 Å². The van der Waals surface area contributed by atoms with Gasteiger partial charge in [0, 0.05) is 49.9 Å². The van der Waals surface area contributed by atoms with Gasteiger partial charge in [0.1, 0.15) is 11.6 Å². The van der Waals surface area contributed by atoms with E-state index < -0.39 is 0 Å². The molecule has 1 N–H and O–H groups in total. The highest BCUT2D eigenvalue weighted by atomic mass is 19.1. The Morgan fingerprint density at radius 1 is 1.06 bits per heavy atom. The van der Waals surface area contributed by atoms with Gasteiger partial charge in [-0.2, -0.15) is 0 Å². The minimum absolute atomic E-state index is 0.108. The average molecular weight is 480 g/mol. The first-order chi connectivity index (χ1) is 17.0. The van der Waals surface area contributed by atoms with Crippen molar-refractivity contribution in [3.63, 3.8) is 0 Å². The number of para-hydroxylation sites is 1. The van der Waals surface area contributed by atoms with Crippen molar-refractivity contribution in [2.24, 2.45) is 5.92 Å². The Hall–Kier alpha value is -2.60. The van der Waals surface area contributed by atoms with Gasteiger partial charge in [0.2, 0.25) is 0 Å². The van der Waals surface area contributed by atoms with E-state index in [1.54, 1.807) is 13.2 Å². The highest BCUT2D eigenvalue weighted by Crippen LogP contribution is 2.35. The molecule has 2 aromatic carbocycles. The molecule has 2 atom stereocenters. The lowest BCUT2D eigenvalue weighted by molar-refractivity contribution is -0.130. The van der Waals surface area contributed by atoms with E-state index in [1.165, 1.54) is 48.2 Å². The van der Waals surface area contributed by atoms with Crippen LogP contribution >= 0.6 is 0 Å². The maximum Gasteiger partial charge on any atom is 0.155 e. The number of fused-ring (bicyclic) bond motifs is 1. The third kappa shape index (κ3) is 5.04. The van der Waals surface area contributed by atoms with Gasteiger partial charge in [-0.1, -0.05) is 37.5 Å². The number of carbonyl (C=O) groups excluding carboxylic acids is 1. The van der Waals surface area contributed by atoms with Gasteiger partial charge in [-0.15, -0.1) is 0 Å². The van der Waals surface area contributed by atoms with Crippen LogP contribution in [0.2, 0.25) is 0 Å². The van der Waals surface area contributed by atoms with Crippen molar-refractivity contribution < 1.29 is 13.9 Å². The second kappa shape index (κ2) is 10.6. The van der Waals surface area contributed by atoms with Gasteiger partial charge in [-0.25, -0.2) is 4.39 Å². The zero-order valence-electron chi connectivity index (χ0n) is 21.1. The van der Waals surface area contributed by atoms with Crippen molar-refractivity contribution >= 4 is 17.2 Å². The van der Waals surface area contributed by atoms with E-state index in [-0.39, 0.29) is 23.8 Å². The fourth-order valence-electron chi connectivity index (χ4n) is 6.36. The van der Waals surface area contributed by atoms with Crippen LogP contribution in [0.1, 0.15) is 49.7 Å². The van der Waals surface area contributed by atoms with Crippen LogP contribution < -0.4 is 15.0 Å². The SMILES string of the molecule is COc1cc(F)ccc1N1CCN(C(C(=O)C2CCCCC2)C2CCc3cccc(C)c3N2)CC1. The third-order valence-electron chi connectivity index (χ3n) is 8.28. The molecule has 35 heavy (non-hydrogen) atoms. The van der Waals surface area contributed by atoms with Crippen molar-refractivity contribution in [1.29, 1.82) is 0 Å². The molecule has 2 aliphatic heterocycles. The monoisotopic (exact) mass is 479 g/mol. The molecule has 1 saturated heterocycles. The lowest BCUT2D eigenvalue weighted by Gasteiger charge is -2.45. The second-order valence-corrected chi connectivity index (χ2v) is 10.4. The van der Waals surface area contributed by atoms with Crippen LogP contribution in [0, 0.1) is 18.7 Å². The quantitative estimate of drug-likeness (QED) is 0.616. The number of hydrogen-bond acceptors (Lipinski definition) is 5. The third-order valence-corrected chi connectivity index (χ3v) is 8.28. The molecule has 2 fully saturated rings. The largest absolute Gasteiger partial charge is 0.494 e. The second-order valence-electron chi connectivity index (χ2n) is 10.4. The van der Waals surface area contributed by atoms with E-state index in [0.29, 0.717) is 11.5 Å². The van der Waals surface area contributed by atoms with Crippen molar-refractivity contribution in [3.05, 3.63) is 53.3 Å². The standard InChI is InChI=1S/C29H38FN3O2/c1-20-7-6-10-21-11-13-24(31-27(20)21)28(29(34)22-8-4-3-5-9-22)33-17-15-32(16-18-33)25-14-12-23(30)19-26(25)35-2/h6-7,10,12,14,19,22,24,28,31H,3-5,8-9,11,13,15-18H2,1-2H3. The molecule has 2 heterocycles. The molecule has 2 unspecified atom stereocenters. The fourth-order valence-corrected chi connectivity index (χ4v) is 6.36. The summed E-state index contributed by atoms with van der Waals surface area (Å²) in [6.07, 6.45) is 7.64. The van der Waals surface area contributed by atoms with Crippen molar-refractivity contribution in [2.45, 2.75) is 64.0 Å². The number of ketones is 1. The van der Waals surface area contributed by atoms with E-state index >= 15 is 0 Å². The molecule has 5 nitrogen and oxygen atoms in total. The molecule has 188 valence electrons. The first-order valence-electron chi connectivity index (χ1n) is 13.3. The average Bonchev–Trinajstić information content (AvgIpc) is 2.90. The highest BCUT2D eigenvalue weighted by molar-refractivity contribution is 5.88. The van der Waals surface area contributed by atoms with Gasteiger partial charge in [0.15, 0.2) is 5.78 Å². The van der Waals surface area contributed by atoms with E-state index in [2.05, 4.69) is 40.2 Å². The zero-order valence-corrected chi connectivity index (χ0v) is 21.1. The molecule has 0 amide bonds. The first-order valence-corrected chi connectivity index (χ1v) is 13.3. The van der Waals surface area contributed by atoms with Gasteiger partial charge in [0.05, 0.1) is 18.8 Å². The van der Waals surface area contributed by atoms with Gasteiger partial charge < -0.3 is 15.0 Å². The molecule has 5 rings (SSSR count). The van der Waals surface area contributed by atoms with Crippen molar-refractivity contribution in [2.75, 3.05) is 43.5 Å². The summed E-state index contributed by atoms with van der Waals surface area (Å²) in [6, 6.07) is 11.3. The van der Waals surface area contributed by atoms with Crippen LogP contribution in [0.15, 0.2) is 36.4 Å². The predicted molar refractivity (Wildman–Crippen MR) is 139 cm³/mol. The molecule has 2 aromatic rings. The number of nitrogens with zero attached hydrogens (tertiary/aromatic N) is 2. The van der Waals surface area contributed by atoms with E-state index in [1.807, 2.05) is 0 Å². The van der Waals surface area contributed by atoms with Crippen molar-refractivity contribution in [3.8, 4) is 5.75 Å². The number of anilines is 2. The molecule has 0 spiro atoms. The van der Waals surface area contributed by atoms with Crippen LogP contribution in [0.3, 0.4) is 0 Å². The Morgan fingerprint density at radius 3 is 2.57 bits per heavy atom. The molecule has 0 bridgehead atoms. The summed E-state index contributed by atoms with van der Waals surface area (Å²) < 4.78 is 19.2. The number of aryl methyl sites for hydroxylation is 2. The molecular formula is C29H38FN3O2. The summed E-state index contributed by atoms with van der Waals surface area (Å²) in [7, 11) is 1.59. The zero-order chi connectivity index (χ0) is 24.4.